The molecule has 1 aromatic carbocycles. The highest BCUT2D eigenvalue weighted by Crippen LogP contribution is 2.23. The first-order chi connectivity index (χ1) is 9.29. The molecule has 1 N–H and O–H groups in total. The molecule has 0 amide bonds. The summed E-state index contributed by atoms with van der Waals surface area (Å²) in [5, 5.41) is 12.0. The van der Waals surface area contributed by atoms with Crippen molar-refractivity contribution in [2.24, 2.45) is 0 Å². The maximum absolute atomic E-state index is 4.35. The standard InChI is InChI=1S/C15H20N4/c1-3-8-19-11(2)17-18-15(19)13-5-4-12-6-7-16-10-14(12)9-13/h4-5,9,16H,3,6-8,10H2,1-2H3. The molecule has 0 unspecified atom stereocenters. The fraction of sp³-hybridized carbons (Fsp3) is 0.467. The summed E-state index contributed by atoms with van der Waals surface area (Å²) in [5.74, 6) is 1.99. The van der Waals surface area contributed by atoms with Gasteiger partial charge in [-0.2, -0.15) is 0 Å². The lowest BCUT2D eigenvalue weighted by Crippen LogP contribution is -2.23. The van der Waals surface area contributed by atoms with Gasteiger partial charge in [-0.1, -0.05) is 19.1 Å². The molecular weight excluding hydrogens is 236 g/mol. The van der Waals surface area contributed by atoms with Crippen molar-refractivity contribution in [3.8, 4) is 11.4 Å². The predicted molar refractivity (Wildman–Crippen MR) is 75.9 cm³/mol. The largest absolute Gasteiger partial charge is 0.312 e. The van der Waals surface area contributed by atoms with Gasteiger partial charge in [-0.25, -0.2) is 0 Å². The van der Waals surface area contributed by atoms with Crippen LogP contribution in [0.5, 0.6) is 0 Å². The summed E-state index contributed by atoms with van der Waals surface area (Å²) in [5.41, 5.74) is 4.03. The third kappa shape index (κ3) is 2.28. The molecule has 0 atom stereocenters. The van der Waals surface area contributed by atoms with Crippen LogP contribution in [0.3, 0.4) is 0 Å². The van der Waals surface area contributed by atoms with Gasteiger partial charge in [0.15, 0.2) is 5.82 Å². The van der Waals surface area contributed by atoms with Crippen LogP contribution in [-0.2, 0) is 19.5 Å². The maximum atomic E-state index is 4.35. The fourth-order valence-electron chi connectivity index (χ4n) is 2.71. The number of hydrogen-bond acceptors (Lipinski definition) is 3. The Morgan fingerprint density at radius 1 is 1.26 bits per heavy atom. The fourth-order valence-corrected chi connectivity index (χ4v) is 2.71. The van der Waals surface area contributed by atoms with Gasteiger partial charge in [0.1, 0.15) is 5.82 Å². The molecule has 4 nitrogen and oxygen atoms in total. The zero-order valence-electron chi connectivity index (χ0n) is 11.6. The SMILES string of the molecule is CCCn1c(C)nnc1-c1ccc2c(c1)CNCC2. The minimum absolute atomic E-state index is 0.962. The Kier molecular flexibility index (Phi) is 3.34. The first-order valence-electron chi connectivity index (χ1n) is 7.02. The predicted octanol–water partition coefficient (Wildman–Crippen LogP) is 2.31. The van der Waals surface area contributed by atoms with Crippen LogP contribution in [0.15, 0.2) is 18.2 Å². The number of aryl methyl sites for hydroxylation is 1. The Labute approximate surface area is 113 Å². The van der Waals surface area contributed by atoms with Gasteiger partial charge in [-0.05, 0) is 43.5 Å². The van der Waals surface area contributed by atoms with Crippen molar-refractivity contribution in [3.05, 3.63) is 35.2 Å². The van der Waals surface area contributed by atoms with Crippen molar-refractivity contribution in [2.45, 2.75) is 39.8 Å². The number of aromatic nitrogens is 3. The molecule has 0 aliphatic carbocycles. The molecule has 0 saturated heterocycles. The molecular formula is C15H20N4. The summed E-state index contributed by atoms with van der Waals surface area (Å²) in [6.07, 6.45) is 2.22. The van der Waals surface area contributed by atoms with Gasteiger partial charge in [0.25, 0.3) is 0 Å². The molecule has 0 saturated carbocycles. The topological polar surface area (TPSA) is 42.7 Å². The number of fused-ring (bicyclic) bond motifs is 1. The summed E-state index contributed by atoms with van der Waals surface area (Å²) in [7, 11) is 0. The second kappa shape index (κ2) is 5.13. The second-order valence-electron chi connectivity index (χ2n) is 5.13. The van der Waals surface area contributed by atoms with Crippen LogP contribution < -0.4 is 5.32 Å². The van der Waals surface area contributed by atoms with Gasteiger partial charge < -0.3 is 9.88 Å². The van der Waals surface area contributed by atoms with Crippen molar-refractivity contribution in [2.75, 3.05) is 6.54 Å². The van der Waals surface area contributed by atoms with E-state index in [9.17, 15) is 0 Å². The quantitative estimate of drug-likeness (QED) is 0.916. The van der Waals surface area contributed by atoms with Crippen LogP contribution in [0.4, 0.5) is 0 Å². The van der Waals surface area contributed by atoms with Crippen molar-refractivity contribution in [3.63, 3.8) is 0 Å². The van der Waals surface area contributed by atoms with Crippen molar-refractivity contribution < 1.29 is 0 Å². The van der Waals surface area contributed by atoms with Gasteiger partial charge in [0.2, 0.25) is 0 Å². The minimum Gasteiger partial charge on any atom is -0.312 e. The van der Waals surface area contributed by atoms with E-state index in [2.05, 4.69) is 45.2 Å². The summed E-state index contributed by atoms with van der Waals surface area (Å²) in [6.45, 7) is 7.22. The van der Waals surface area contributed by atoms with Crippen LogP contribution in [0, 0.1) is 6.92 Å². The average molecular weight is 256 g/mol. The Bertz CT molecular complexity index is 586. The molecule has 0 fully saturated rings. The van der Waals surface area contributed by atoms with E-state index in [1.165, 1.54) is 16.7 Å². The summed E-state index contributed by atoms with van der Waals surface area (Å²) >= 11 is 0. The minimum atomic E-state index is 0.962. The number of rotatable bonds is 3. The van der Waals surface area contributed by atoms with Gasteiger partial charge >= 0.3 is 0 Å². The van der Waals surface area contributed by atoms with E-state index in [4.69, 9.17) is 0 Å². The highest BCUT2D eigenvalue weighted by atomic mass is 15.3. The normalized spacial score (nSPS) is 14.4. The zero-order valence-corrected chi connectivity index (χ0v) is 11.6. The van der Waals surface area contributed by atoms with Crippen LogP contribution in [0.25, 0.3) is 11.4 Å². The van der Waals surface area contributed by atoms with E-state index in [1.54, 1.807) is 0 Å². The van der Waals surface area contributed by atoms with Crippen molar-refractivity contribution in [1.29, 1.82) is 0 Å². The lowest BCUT2D eigenvalue weighted by atomic mass is 9.98. The Balaban J connectivity index is 2.02. The molecule has 1 aliphatic heterocycles. The maximum Gasteiger partial charge on any atom is 0.163 e. The molecule has 0 spiro atoms. The molecule has 2 heterocycles. The van der Waals surface area contributed by atoms with Crippen LogP contribution in [0.2, 0.25) is 0 Å². The molecule has 4 heteroatoms. The molecule has 1 aromatic heterocycles. The van der Waals surface area contributed by atoms with E-state index in [1.807, 2.05) is 6.92 Å². The molecule has 1 aliphatic rings. The van der Waals surface area contributed by atoms with Gasteiger partial charge in [-0.15, -0.1) is 10.2 Å². The van der Waals surface area contributed by atoms with Gasteiger partial charge in [-0.3, -0.25) is 0 Å². The first kappa shape index (κ1) is 12.4. The van der Waals surface area contributed by atoms with E-state index < -0.39 is 0 Å². The third-order valence-electron chi connectivity index (χ3n) is 3.73. The third-order valence-corrected chi connectivity index (χ3v) is 3.73. The molecule has 100 valence electrons. The number of hydrogen-bond donors (Lipinski definition) is 1. The molecule has 0 radical (unpaired) electrons. The Hall–Kier alpha value is -1.68. The zero-order chi connectivity index (χ0) is 13.2. The molecule has 3 rings (SSSR count). The summed E-state index contributed by atoms with van der Waals surface area (Å²) < 4.78 is 2.21. The highest BCUT2D eigenvalue weighted by Gasteiger charge is 2.14. The summed E-state index contributed by atoms with van der Waals surface area (Å²) in [6, 6.07) is 6.68. The monoisotopic (exact) mass is 256 g/mol. The average Bonchev–Trinajstić information content (AvgIpc) is 2.80. The number of benzene rings is 1. The van der Waals surface area contributed by atoms with E-state index >= 15 is 0 Å². The van der Waals surface area contributed by atoms with E-state index in [-0.39, 0.29) is 0 Å². The Morgan fingerprint density at radius 3 is 3.00 bits per heavy atom. The smallest absolute Gasteiger partial charge is 0.163 e. The highest BCUT2D eigenvalue weighted by molar-refractivity contribution is 5.58. The number of nitrogens with one attached hydrogen (secondary N) is 1. The summed E-state index contributed by atoms with van der Waals surface area (Å²) in [4.78, 5) is 0. The lowest BCUT2D eigenvalue weighted by molar-refractivity contribution is 0.643. The number of nitrogens with zero attached hydrogens (tertiary/aromatic N) is 3. The van der Waals surface area contributed by atoms with Crippen molar-refractivity contribution >= 4 is 0 Å². The van der Waals surface area contributed by atoms with Crippen molar-refractivity contribution in [1.82, 2.24) is 20.1 Å². The van der Waals surface area contributed by atoms with Gasteiger partial charge in [0, 0.05) is 18.7 Å². The van der Waals surface area contributed by atoms with Crippen LogP contribution in [0.1, 0.15) is 30.3 Å². The van der Waals surface area contributed by atoms with Gasteiger partial charge in [0.05, 0.1) is 0 Å². The molecule has 2 aromatic rings. The van der Waals surface area contributed by atoms with Crippen LogP contribution in [-0.4, -0.2) is 21.3 Å². The second-order valence-corrected chi connectivity index (χ2v) is 5.13. The van der Waals surface area contributed by atoms with E-state index in [0.717, 1.165) is 44.1 Å². The molecule has 19 heavy (non-hydrogen) atoms. The lowest BCUT2D eigenvalue weighted by Gasteiger charge is -2.18. The van der Waals surface area contributed by atoms with E-state index in [0.29, 0.717) is 0 Å². The van der Waals surface area contributed by atoms with Crippen LogP contribution >= 0.6 is 0 Å². The first-order valence-corrected chi connectivity index (χ1v) is 7.02. The Morgan fingerprint density at radius 2 is 2.16 bits per heavy atom. The molecule has 0 bridgehead atoms.